The minimum Gasteiger partial charge on any atom is -0.487 e. The maximum absolute atomic E-state index is 13.8. The quantitative estimate of drug-likeness (QED) is 0.437. The zero-order valence-corrected chi connectivity index (χ0v) is 13.0. The van der Waals surface area contributed by atoms with Crippen LogP contribution in [0.4, 0.5) is 26.3 Å². The maximum atomic E-state index is 13.8. The first-order valence-corrected chi connectivity index (χ1v) is 7.36. The van der Waals surface area contributed by atoms with Crippen molar-refractivity contribution in [2.75, 3.05) is 13.2 Å². The molecular formula is C16H18F6O2. The Hall–Kier alpha value is -1.86. The van der Waals surface area contributed by atoms with Gasteiger partial charge in [0.15, 0.2) is 11.5 Å². The van der Waals surface area contributed by atoms with Gasteiger partial charge in [-0.1, -0.05) is 19.8 Å². The predicted molar refractivity (Wildman–Crippen MR) is 77.0 cm³/mol. The van der Waals surface area contributed by atoms with Crippen molar-refractivity contribution in [3.05, 3.63) is 35.9 Å². The molecule has 0 spiro atoms. The predicted octanol–water partition coefficient (Wildman–Crippen LogP) is 5.37. The van der Waals surface area contributed by atoms with E-state index >= 15 is 0 Å². The number of ether oxygens (including phenoxy) is 2. The van der Waals surface area contributed by atoms with Gasteiger partial charge in [0, 0.05) is 6.08 Å². The van der Waals surface area contributed by atoms with Crippen LogP contribution < -0.4 is 9.47 Å². The molecule has 1 unspecified atom stereocenters. The summed E-state index contributed by atoms with van der Waals surface area (Å²) in [5, 5.41) is 0. The molecule has 0 aliphatic carbocycles. The van der Waals surface area contributed by atoms with Gasteiger partial charge in [-0.05, 0) is 24.6 Å². The molecule has 0 saturated carbocycles. The Morgan fingerprint density at radius 3 is 2.21 bits per heavy atom. The number of unbranched alkanes of at least 4 members (excludes halogenated alkanes) is 1. The van der Waals surface area contributed by atoms with E-state index in [0.29, 0.717) is 12.5 Å². The third-order valence-corrected chi connectivity index (χ3v) is 2.94. The molecule has 0 saturated heterocycles. The number of alkyl halides is 4. The highest BCUT2D eigenvalue weighted by Gasteiger charge is 2.22. The molecule has 0 N–H and O–H groups in total. The van der Waals surface area contributed by atoms with Gasteiger partial charge < -0.3 is 9.47 Å². The lowest BCUT2D eigenvalue weighted by molar-refractivity contribution is -0.0801. The fourth-order valence-electron chi connectivity index (χ4n) is 1.75. The summed E-state index contributed by atoms with van der Waals surface area (Å²) in [6, 6.07) is 2.04. The molecule has 0 bridgehead atoms. The van der Waals surface area contributed by atoms with Gasteiger partial charge in [-0.2, -0.15) is 22.0 Å². The van der Waals surface area contributed by atoms with Crippen molar-refractivity contribution in [3.63, 3.8) is 0 Å². The van der Waals surface area contributed by atoms with Crippen molar-refractivity contribution in [2.24, 2.45) is 0 Å². The number of hydrogen-bond acceptors (Lipinski definition) is 2. The molecule has 0 aliphatic rings. The second-order valence-corrected chi connectivity index (χ2v) is 5.00. The highest BCUT2D eigenvalue weighted by Crippen LogP contribution is 2.28. The minimum atomic E-state index is -4.51. The Bertz CT molecular complexity index is 542. The third-order valence-electron chi connectivity index (χ3n) is 2.94. The molecule has 1 aromatic carbocycles. The summed E-state index contributed by atoms with van der Waals surface area (Å²) >= 11 is 0. The Labute approximate surface area is 136 Å². The van der Waals surface area contributed by atoms with Crippen LogP contribution in [-0.2, 0) is 0 Å². The smallest absolute Gasteiger partial charge is 0.409 e. The van der Waals surface area contributed by atoms with Gasteiger partial charge in [0.1, 0.15) is 19.4 Å². The summed E-state index contributed by atoms with van der Waals surface area (Å²) in [4.78, 5) is 0. The van der Waals surface area contributed by atoms with Gasteiger partial charge in [0.05, 0.1) is 0 Å². The number of hydrogen-bond donors (Lipinski definition) is 0. The van der Waals surface area contributed by atoms with Crippen molar-refractivity contribution < 1.29 is 35.8 Å². The lowest BCUT2D eigenvalue weighted by Gasteiger charge is -2.12. The van der Waals surface area contributed by atoms with Crippen molar-refractivity contribution in [1.29, 1.82) is 0 Å². The number of benzene rings is 1. The second-order valence-electron chi connectivity index (χ2n) is 5.00. The molecule has 2 nitrogen and oxygen atoms in total. The van der Waals surface area contributed by atoms with Gasteiger partial charge in [0.2, 0.25) is 11.6 Å². The monoisotopic (exact) mass is 356 g/mol. The fraction of sp³-hybridized carbons (Fsp3) is 0.500. The molecule has 8 heteroatoms. The Morgan fingerprint density at radius 2 is 1.67 bits per heavy atom. The van der Waals surface area contributed by atoms with E-state index in [0.717, 1.165) is 18.6 Å². The second kappa shape index (κ2) is 9.44. The van der Waals surface area contributed by atoms with Crippen molar-refractivity contribution in [1.82, 2.24) is 0 Å². The van der Waals surface area contributed by atoms with Gasteiger partial charge in [-0.3, -0.25) is 0 Å². The average Bonchev–Trinajstić information content (AvgIpc) is 2.51. The molecule has 0 aromatic heterocycles. The lowest BCUT2D eigenvalue weighted by atomic mass is 10.2. The molecule has 0 fully saturated rings. The molecular weight excluding hydrogens is 338 g/mol. The van der Waals surface area contributed by atoms with E-state index in [1.54, 1.807) is 0 Å². The summed E-state index contributed by atoms with van der Waals surface area (Å²) in [5.41, 5.74) is 0. The number of halogens is 6. The average molecular weight is 356 g/mol. The van der Waals surface area contributed by atoms with Gasteiger partial charge in [-0.25, -0.2) is 4.39 Å². The van der Waals surface area contributed by atoms with E-state index in [4.69, 9.17) is 9.47 Å². The normalized spacial score (nSPS) is 13.3. The first-order chi connectivity index (χ1) is 11.2. The molecule has 1 atom stereocenters. The van der Waals surface area contributed by atoms with Crippen LogP contribution in [0, 0.1) is 11.6 Å². The summed E-state index contributed by atoms with van der Waals surface area (Å²) in [6.07, 6.45) is -3.54. The number of allylic oxidation sites excluding steroid dienone is 1. The van der Waals surface area contributed by atoms with Crippen LogP contribution in [0.5, 0.6) is 11.5 Å². The first-order valence-electron chi connectivity index (χ1n) is 7.36. The molecule has 0 radical (unpaired) electrons. The van der Waals surface area contributed by atoms with Gasteiger partial charge in [-0.15, -0.1) is 0 Å². The highest BCUT2D eigenvalue weighted by molar-refractivity contribution is 5.35. The largest absolute Gasteiger partial charge is 0.487 e. The van der Waals surface area contributed by atoms with Crippen molar-refractivity contribution in [3.8, 4) is 11.5 Å². The fourth-order valence-corrected chi connectivity index (χ4v) is 1.75. The molecule has 24 heavy (non-hydrogen) atoms. The van der Waals surface area contributed by atoms with Crippen LogP contribution in [0.25, 0.3) is 0 Å². The first kappa shape index (κ1) is 20.2. The standard InChI is InChI=1S/C16H18F6O2/c1-2-3-5-11(17)10-24-13-7-6-12(14(18)15(13)19)23-9-4-8-16(20,21)22/h4,6-8,11H,2-3,5,9-10H2,1H3/b8-4+. The van der Waals surface area contributed by atoms with E-state index in [9.17, 15) is 26.3 Å². The Morgan fingerprint density at radius 1 is 1.08 bits per heavy atom. The highest BCUT2D eigenvalue weighted by atomic mass is 19.4. The lowest BCUT2D eigenvalue weighted by Crippen LogP contribution is -2.13. The summed E-state index contributed by atoms with van der Waals surface area (Å²) in [5.74, 6) is -3.83. The summed E-state index contributed by atoms with van der Waals surface area (Å²) in [7, 11) is 0. The summed E-state index contributed by atoms with van der Waals surface area (Å²) in [6.45, 7) is 0.899. The van der Waals surface area contributed by atoms with Gasteiger partial charge >= 0.3 is 6.18 Å². The Balaban J connectivity index is 2.61. The minimum absolute atomic E-state index is 0.0730. The van der Waals surface area contributed by atoms with E-state index in [1.165, 1.54) is 0 Å². The van der Waals surface area contributed by atoms with Crippen LogP contribution in [0.2, 0.25) is 0 Å². The van der Waals surface area contributed by atoms with Crippen LogP contribution in [0.3, 0.4) is 0 Å². The molecule has 136 valence electrons. The van der Waals surface area contributed by atoms with E-state index < -0.39 is 48.7 Å². The summed E-state index contributed by atoms with van der Waals surface area (Å²) < 4.78 is 86.2. The zero-order valence-electron chi connectivity index (χ0n) is 13.0. The molecule has 1 rings (SSSR count). The topological polar surface area (TPSA) is 18.5 Å². The van der Waals surface area contributed by atoms with Crippen LogP contribution >= 0.6 is 0 Å². The zero-order chi connectivity index (χ0) is 18.2. The Kier molecular flexibility index (Phi) is 7.94. The van der Waals surface area contributed by atoms with E-state index in [1.807, 2.05) is 6.92 Å². The third kappa shape index (κ3) is 7.14. The molecule has 0 aliphatic heterocycles. The van der Waals surface area contributed by atoms with Crippen LogP contribution in [0.1, 0.15) is 26.2 Å². The van der Waals surface area contributed by atoms with E-state index in [-0.39, 0.29) is 12.5 Å². The van der Waals surface area contributed by atoms with Crippen molar-refractivity contribution >= 4 is 0 Å². The van der Waals surface area contributed by atoms with Crippen molar-refractivity contribution in [2.45, 2.75) is 38.5 Å². The van der Waals surface area contributed by atoms with Crippen LogP contribution in [0.15, 0.2) is 24.3 Å². The maximum Gasteiger partial charge on any atom is 0.409 e. The molecule has 0 heterocycles. The molecule has 1 aromatic rings. The van der Waals surface area contributed by atoms with Gasteiger partial charge in [0.25, 0.3) is 0 Å². The number of rotatable bonds is 9. The van der Waals surface area contributed by atoms with E-state index in [2.05, 4.69) is 0 Å². The SMILES string of the molecule is CCCCC(F)COc1ccc(OC/C=C/C(F)(F)F)c(F)c1F. The van der Waals surface area contributed by atoms with Crippen LogP contribution in [-0.4, -0.2) is 25.6 Å². The molecule has 0 amide bonds.